The fraction of sp³-hybridized carbons (Fsp3) is 0.654. The summed E-state index contributed by atoms with van der Waals surface area (Å²) in [5, 5.41) is 49.9. The minimum Gasteiger partial charge on any atom is -0.499 e. The van der Waals surface area contributed by atoms with Crippen molar-refractivity contribution in [3.8, 4) is 17.2 Å². The minimum absolute atomic E-state index is 0.0280. The summed E-state index contributed by atoms with van der Waals surface area (Å²) in [5.74, 6) is -0.452. The number of benzene rings is 1. The zero-order chi connectivity index (χ0) is 26.1. The Kier molecular flexibility index (Phi) is 10.8. The summed E-state index contributed by atoms with van der Waals surface area (Å²) in [7, 11) is 0. The summed E-state index contributed by atoms with van der Waals surface area (Å²) in [6.45, 7) is 1.95. The van der Waals surface area contributed by atoms with Crippen LogP contribution in [0.5, 0.6) is 17.2 Å². The van der Waals surface area contributed by atoms with Gasteiger partial charge in [0, 0.05) is 6.07 Å². The van der Waals surface area contributed by atoms with E-state index in [4.69, 9.17) is 18.6 Å². The highest BCUT2D eigenvalue weighted by Crippen LogP contribution is 2.35. The number of fused-ring (bicyclic) bond motifs is 1. The Morgan fingerprint density at radius 1 is 0.917 bits per heavy atom. The van der Waals surface area contributed by atoms with Gasteiger partial charge in [-0.2, -0.15) is 0 Å². The molecule has 1 aliphatic rings. The van der Waals surface area contributed by atoms with Gasteiger partial charge in [-0.15, -0.1) is 0 Å². The first-order valence-electron chi connectivity index (χ1n) is 12.8. The molecule has 1 aromatic carbocycles. The van der Waals surface area contributed by atoms with Crippen molar-refractivity contribution in [3.63, 3.8) is 0 Å². The third kappa shape index (κ3) is 7.10. The number of aromatic hydroxyl groups is 1. The smallest absolute Gasteiger partial charge is 0.382 e. The van der Waals surface area contributed by atoms with Gasteiger partial charge in [-0.1, -0.05) is 58.3 Å². The predicted octanol–water partition coefficient (Wildman–Crippen LogP) is 2.59. The van der Waals surface area contributed by atoms with Gasteiger partial charge in [0.25, 0.3) is 0 Å². The van der Waals surface area contributed by atoms with E-state index in [-0.39, 0.29) is 17.1 Å². The van der Waals surface area contributed by atoms with Crippen molar-refractivity contribution >= 4 is 11.0 Å². The van der Waals surface area contributed by atoms with Crippen LogP contribution in [0.15, 0.2) is 27.4 Å². The highest BCUT2D eigenvalue weighted by molar-refractivity contribution is 5.86. The van der Waals surface area contributed by atoms with E-state index in [0.717, 1.165) is 19.3 Å². The average molecular weight is 511 g/mol. The van der Waals surface area contributed by atoms with Crippen molar-refractivity contribution in [1.82, 2.24) is 0 Å². The Morgan fingerprint density at radius 2 is 1.58 bits per heavy atom. The molecule has 36 heavy (non-hydrogen) atoms. The standard InChI is InChI=1S/C26H38O10/c1-2-3-4-5-6-7-8-9-10-13-33-24-17-12-11-16(14-18(17)35-25(32)23(24)31)34-26-22(30)21(29)20(28)19(15-27)36-26/h11-12,14,19-22,26-31H,2-10,13,15H2,1H3/t19-,20-,21+,22+,26-/m1/s1. The lowest BCUT2D eigenvalue weighted by molar-refractivity contribution is -0.277. The molecule has 10 heteroatoms. The van der Waals surface area contributed by atoms with Crippen molar-refractivity contribution in [2.45, 2.75) is 95.4 Å². The van der Waals surface area contributed by atoms with E-state index < -0.39 is 48.7 Å². The van der Waals surface area contributed by atoms with Gasteiger partial charge >= 0.3 is 5.63 Å². The number of ether oxygens (including phenoxy) is 3. The lowest BCUT2D eigenvalue weighted by Crippen LogP contribution is -2.60. The number of rotatable bonds is 14. The predicted molar refractivity (Wildman–Crippen MR) is 131 cm³/mol. The molecule has 0 radical (unpaired) electrons. The molecule has 2 heterocycles. The van der Waals surface area contributed by atoms with Crippen molar-refractivity contribution in [3.05, 3.63) is 28.6 Å². The van der Waals surface area contributed by atoms with Crippen LogP contribution in [0.4, 0.5) is 0 Å². The molecule has 0 bridgehead atoms. The minimum atomic E-state index is -1.59. The first kappa shape index (κ1) is 28.2. The summed E-state index contributed by atoms with van der Waals surface area (Å²) >= 11 is 0. The number of unbranched alkanes of at least 4 members (excludes halogenated alkanes) is 8. The number of aliphatic hydroxyl groups is 4. The third-order valence-corrected chi connectivity index (χ3v) is 6.40. The zero-order valence-corrected chi connectivity index (χ0v) is 20.7. The van der Waals surface area contributed by atoms with Crippen LogP contribution in [0.25, 0.3) is 11.0 Å². The summed E-state index contributed by atoms with van der Waals surface area (Å²) < 4.78 is 21.8. The van der Waals surface area contributed by atoms with E-state index in [0.29, 0.717) is 12.0 Å². The molecule has 0 spiro atoms. The lowest BCUT2D eigenvalue weighted by Gasteiger charge is -2.39. The Morgan fingerprint density at radius 3 is 2.25 bits per heavy atom. The second kappa shape index (κ2) is 13.8. The third-order valence-electron chi connectivity index (χ3n) is 6.40. The Hall–Kier alpha value is -2.37. The molecule has 0 unspecified atom stereocenters. The molecular formula is C26H38O10. The van der Waals surface area contributed by atoms with E-state index in [2.05, 4.69) is 6.92 Å². The van der Waals surface area contributed by atoms with E-state index in [9.17, 15) is 30.3 Å². The maximum atomic E-state index is 12.2. The van der Waals surface area contributed by atoms with Gasteiger partial charge in [-0.3, -0.25) is 0 Å². The molecule has 202 valence electrons. The van der Waals surface area contributed by atoms with Crippen LogP contribution in [0, 0.1) is 0 Å². The van der Waals surface area contributed by atoms with Gasteiger partial charge in [0.1, 0.15) is 35.7 Å². The molecule has 10 nitrogen and oxygen atoms in total. The van der Waals surface area contributed by atoms with Crippen molar-refractivity contribution in [1.29, 1.82) is 0 Å². The van der Waals surface area contributed by atoms with E-state index >= 15 is 0 Å². The number of hydrogen-bond acceptors (Lipinski definition) is 10. The SMILES string of the molecule is CCCCCCCCCCCOc1c(O)c(=O)oc2cc(O[C@@H]3O[C@H](CO)[C@@H](O)[C@H](O)[C@@H]3O)ccc12. The highest BCUT2D eigenvalue weighted by atomic mass is 16.7. The van der Waals surface area contributed by atoms with E-state index in [1.165, 1.54) is 56.7 Å². The second-order valence-corrected chi connectivity index (χ2v) is 9.22. The fourth-order valence-electron chi connectivity index (χ4n) is 4.25. The first-order valence-corrected chi connectivity index (χ1v) is 12.8. The van der Waals surface area contributed by atoms with Crippen LogP contribution >= 0.6 is 0 Å². The van der Waals surface area contributed by atoms with E-state index in [1.54, 1.807) is 0 Å². The molecule has 3 rings (SSSR count). The van der Waals surface area contributed by atoms with Crippen LogP contribution in [-0.2, 0) is 4.74 Å². The van der Waals surface area contributed by atoms with Gasteiger partial charge in [0.15, 0.2) is 5.75 Å². The van der Waals surface area contributed by atoms with Gasteiger partial charge in [-0.05, 0) is 18.6 Å². The number of aliphatic hydroxyl groups excluding tert-OH is 4. The molecule has 1 fully saturated rings. The normalized spacial score (nSPS) is 24.2. The largest absolute Gasteiger partial charge is 0.499 e. The zero-order valence-electron chi connectivity index (χ0n) is 20.7. The molecule has 0 aliphatic carbocycles. The lowest BCUT2D eigenvalue weighted by atomic mass is 9.99. The Bertz CT molecular complexity index is 1000. The van der Waals surface area contributed by atoms with Crippen LogP contribution in [0.3, 0.4) is 0 Å². The van der Waals surface area contributed by atoms with Crippen molar-refractivity contribution < 1.29 is 44.2 Å². The first-order chi connectivity index (χ1) is 17.4. The molecule has 0 amide bonds. The van der Waals surface area contributed by atoms with Crippen LogP contribution < -0.4 is 15.1 Å². The van der Waals surface area contributed by atoms with Gasteiger partial charge in [0.05, 0.1) is 18.6 Å². The molecule has 1 aliphatic heterocycles. The molecule has 2 aromatic rings. The van der Waals surface area contributed by atoms with Crippen molar-refractivity contribution in [2.75, 3.05) is 13.2 Å². The maximum Gasteiger partial charge on any atom is 0.382 e. The van der Waals surface area contributed by atoms with Gasteiger partial charge in [-0.25, -0.2) is 4.79 Å². The molecule has 0 saturated carbocycles. The molecular weight excluding hydrogens is 472 g/mol. The monoisotopic (exact) mass is 510 g/mol. The average Bonchev–Trinajstić information content (AvgIpc) is 2.87. The van der Waals surface area contributed by atoms with Crippen molar-refractivity contribution in [2.24, 2.45) is 0 Å². The number of hydrogen-bond donors (Lipinski definition) is 5. The fourth-order valence-corrected chi connectivity index (χ4v) is 4.25. The quantitative estimate of drug-likeness (QED) is 0.189. The van der Waals surface area contributed by atoms with E-state index in [1.807, 2.05) is 0 Å². The van der Waals surface area contributed by atoms with Gasteiger partial charge < -0.3 is 44.2 Å². The Balaban J connectivity index is 1.60. The van der Waals surface area contributed by atoms with Crippen LogP contribution in [-0.4, -0.2) is 69.5 Å². The summed E-state index contributed by atoms with van der Waals surface area (Å²) in [6.07, 6.45) is 3.21. The summed E-state index contributed by atoms with van der Waals surface area (Å²) in [5.41, 5.74) is -0.878. The second-order valence-electron chi connectivity index (χ2n) is 9.22. The maximum absolute atomic E-state index is 12.2. The summed E-state index contributed by atoms with van der Waals surface area (Å²) in [4.78, 5) is 12.2. The topological polar surface area (TPSA) is 159 Å². The molecule has 5 N–H and O–H groups in total. The molecule has 5 atom stereocenters. The van der Waals surface area contributed by atoms with Gasteiger partial charge in [0.2, 0.25) is 12.0 Å². The Labute approximate surface area is 210 Å². The van der Waals surface area contributed by atoms with Crippen LogP contribution in [0.1, 0.15) is 64.7 Å². The highest BCUT2D eigenvalue weighted by Gasteiger charge is 2.44. The molecule has 1 saturated heterocycles. The van der Waals surface area contributed by atoms with Crippen LogP contribution in [0.2, 0.25) is 0 Å². The molecule has 1 aromatic heterocycles. The summed E-state index contributed by atoms with van der Waals surface area (Å²) in [6, 6.07) is 4.39.